The van der Waals surface area contributed by atoms with Crippen molar-refractivity contribution in [2.24, 2.45) is 5.92 Å². The second kappa shape index (κ2) is 8.19. The first-order valence-electron chi connectivity index (χ1n) is 7.63. The van der Waals surface area contributed by atoms with E-state index >= 15 is 0 Å². The zero-order chi connectivity index (χ0) is 17.6. The average Bonchev–Trinajstić information content (AvgIpc) is 2.44. The van der Waals surface area contributed by atoms with Gasteiger partial charge in [0.05, 0.1) is 11.9 Å². The molecule has 1 aromatic carbocycles. The van der Waals surface area contributed by atoms with E-state index < -0.39 is 10.0 Å². The van der Waals surface area contributed by atoms with E-state index in [0.717, 1.165) is 11.9 Å². The van der Waals surface area contributed by atoms with Gasteiger partial charge in [0.25, 0.3) is 0 Å². The monoisotopic (exact) mass is 341 g/mol. The molecule has 1 rings (SSSR count). The number of hydrogen-bond acceptors (Lipinski definition) is 4. The summed E-state index contributed by atoms with van der Waals surface area (Å²) < 4.78 is 25.3. The topological polar surface area (TPSA) is 69.7 Å². The number of amides is 1. The maximum atomic E-state index is 12.0. The molecular formula is C16H27N3O3S. The van der Waals surface area contributed by atoms with Crippen molar-refractivity contribution in [1.82, 2.24) is 5.32 Å². The Bertz CT molecular complexity index is 610. The van der Waals surface area contributed by atoms with Gasteiger partial charge < -0.3 is 10.2 Å². The smallest absolute Gasteiger partial charge is 0.232 e. The van der Waals surface area contributed by atoms with Crippen LogP contribution in [0.3, 0.4) is 0 Å². The van der Waals surface area contributed by atoms with E-state index in [1.807, 2.05) is 45.0 Å². The predicted molar refractivity (Wildman–Crippen MR) is 95.4 cm³/mol. The lowest BCUT2D eigenvalue weighted by atomic mass is 10.2. The van der Waals surface area contributed by atoms with Crippen molar-refractivity contribution < 1.29 is 13.2 Å². The Morgan fingerprint density at radius 2 is 1.65 bits per heavy atom. The maximum Gasteiger partial charge on any atom is 0.232 e. The first-order chi connectivity index (χ1) is 10.6. The predicted octanol–water partition coefficient (Wildman–Crippen LogP) is 1.68. The molecule has 7 heteroatoms. The summed E-state index contributed by atoms with van der Waals surface area (Å²) in [5.41, 5.74) is 1.55. The van der Waals surface area contributed by atoms with Gasteiger partial charge in [-0.3, -0.25) is 9.10 Å². The first-order valence-corrected chi connectivity index (χ1v) is 9.48. The van der Waals surface area contributed by atoms with Crippen molar-refractivity contribution in [3.05, 3.63) is 24.3 Å². The highest BCUT2D eigenvalue weighted by Gasteiger charge is 2.18. The third kappa shape index (κ3) is 6.48. The van der Waals surface area contributed by atoms with Crippen LogP contribution in [0.4, 0.5) is 11.4 Å². The van der Waals surface area contributed by atoms with Gasteiger partial charge >= 0.3 is 0 Å². The van der Waals surface area contributed by atoms with Crippen molar-refractivity contribution in [2.75, 3.05) is 42.6 Å². The normalized spacial score (nSPS) is 11.4. The molecule has 0 saturated carbocycles. The minimum Gasteiger partial charge on any atom is -0.378 e. The Labute approximate surface area is 139 Å². The number of carbonyl (C=O) groups is 1. The molecule has 1 amide bonds. The van der Waals surface area contributed by atoms with Gasteiger partial charge in [-0.2, -0.15) is 0 Å². The number of carbonyl (C=O) groups excluding carboxylic acids is 1. The molecule has 1 N–H and O–H groups in total. The number of sulfonamides is 1. The Hall–Kier alpha value is -1.76. The average molecular weight is 341 g/mol. The van der Waals surface area contributed by atoms with Crippen molar-refractivity contribution in [1.29, 1.82) is 0 Å². The fraction of sp³-hybridized carbons (Fsp3) is 0.562. The van der Waals surface area contributed by atoms with Crippen LogP contribution >= 0.6 is 0 Å². The van der Waals surface area contributed by atoms with Crippen LogP contribution in [0.1, 0.15) is 20.3 Å². The van der Waals surface area contributed by atoms with Gasteiger partial charge in [-0.15, -0.1) is 0 Å². The summed E-state index contributed by atoms with van der Waals surface area (Å²) >= 11 is 0. The molecule has 0 unspecified atom stereocenters. The van der Waals surface area contributed by atoms with E-state index in [9.17, 15) is 13.2 Å². The molecule has 0 fully saturated rings. The molecule has 6 nitrogen and oxygen atoms in total. The number of benzene rings is 1. The highest BCUT2D eigenvalue weighted by Crippen LogP contribution is 2.21. The van der Waals surface area contributed by atoms with Gasteiger partial charge in [-0.05, 0) is 30.2 Å². The summed E-state index contributed by atoms with van der Waals surface area (Å²) in [7, 11) is 0.400. The summed E-state index contributed by atoms with van der Waals surface area (Å²) in [6.45, 7) is 4.74. The molecule has 0 aliphatic carbocycles. The first kappa shape index (κ1) is 19.3. The van der Waals surface area contributed by atoms with Crippen LogP contribution in [0.5, 0.6) is 0 Å². The molecule has 0 atom stereocenters. The fourth-order valence-corrected chi connectivity index (χ4v) is 2.94. The summed E-state index contributed by atoms with van der Waals surface area (Å²) in [6.07, 6.45) is 1.29. The third-order valence-electron chi connectivity index (χ3n) is 3.30. The molecule has 0 spiro atoms. The van der Waals surface area contributed by atoms with Crippen molar-refractivity contribution in [3.63, 3.8) is 0 Å². The van der Waals surface area contributed by atoms with E-state index in [1.54, 1.807) is 12.1 Å². The van der Waals surface area contributed by atoms with Crippen LogP contribution in [0.2, 0.25) is 0 Å². The lowest BCUT2D eigenvalue weighted by Crippen LogP contribution is -2.35. The molecule has 130 valence electrons. The second-order valence-electron chi connectivity index (χ2n) is 6.19. The molecule has 23 heavy (non-hydrogen) atoms. The maximum absolute atomic E-state index is 12.0. The molecule has 0 aromatic heterocycles. The Morgan fingerprint density at radius 1 is 1.13 bits per heavy atom. The molecule has 0 aliphatic heterocycles. The number of nitrogens with one attached hydrogen (secondary N) is 1. The molecule has 0 aliphatic rings. The minimum absolute atomic E-state index is 0.129. The molecule has 1 aromatic rings. The van der Waals surface area contributed by atoms with Gasteiger partial charge in [0.15, 0.2) is 0 Å². The summed E-state index contributed by atoms with van der Waals surface area (Å²) in [4.78, 5) is 13.8. The van der Waals surface area contributed by atoms with Crippen LogP contribution in [0.15, 0.2) is 24.3 Å². The molecule has 0 saturated heterocycles. The Morgan fingerprint density at radius 3 is 2.09 bits per heavy atom. The SMILES string of the molecule is CC(C)CNC(=O)CCN(c1ccc(N(C)C)cc1)S(C)(=O)=O. The zero-order valence-electron chi connectivity index (χ0n) is 14.5. The zero-order valence-corrected chi connectivity index (χ0v) is 15.4. The number of anilines is 2. The molecule has 0 radical (unpaired) electrons. The van der Waals surface area contributed by atoms with Gasteiger partial charge in [0.1, 0.15) is 0 Å². The Balaban J connectivity index is 2.80. The van der Waals surface area contributed by atoms with Crippen LogP contribution in [0, 0.1) is 5.92 Å². The van der Waals surface area contributed by atoms with Crippen LogP contribution in [-0.2, 0) is 14.8 Å². The van der Waals surface area contributed by atoms with Crippen molar-refractivity contribution >= 4 is 27.3 Å². The van der Waals surface area contributed by atoms with Gasteiger partial charge in [0, 0.05) is 39.3 Å². The summed E-state index contributed by atoms with van der Waals surface area (Å²) in [6, 6.07) is 7.21. The van der Waals surface area contributed by atoms with E-state index in [-0.39, 0.29) is 18.9 Å². The van der Waals surface area contributed by atoms with Gasteiger partial charge in [-0.1, -0.05) is 13.8 Å². The standard InChI is InChI=1S/C16H27N3O3S/c1-13(2)12-17-16(20)10-11-19(23(5,21)22)15-8-6-14(7-9-15)18(3)4/h6-9,13H,10-12H2,1-5H3,(H,17,20). The fourth-order valence-electron chi connectivity index (χ4n) is 2.01. The van der Waals surface area contributed by atoms with E-state index in [2.05, 4.69) is 5.32 Å². The van der Waals surface area contributed by atoms with E-state index in [1.165, 1.54) is 4.31 Å². The number of nitrogens with zero attached hydrogens (tertiary/aromatic N) is 2. The van der Waals surface area contributed by atoms with Crippen LogP contribution < -0.4 is 14.5 Å². The summed E-state index contributed by atoms with van der Waals surface area (Å²) in [5.74, 6) is 0.223. The van der Waals surface area contributed by atoms with Crippen LogP contribution in [0.25, 0.3) is 0 Å². The largest absolute Gasteiger partial charge is 0.378 e. The third-order valence-corrected chi connectivity index (χ3v) is 4.50. The second-order valence-corrected chi connectivity index (χ2v) is 8.10. The number of hydrogen-bond donors (Lipinski definition) is 1. The number of rotatable bonds is 8. The lowest BCUT2D eigenvalue weighted by molar-refractivity contribution is -0.121. The lowest BCUT2D eigenvalue weighted by Gasteiger charge is -2.23. The Kier molecular flexibility index (Phi) is 6.87. The highest BCUT2D eigenvalue weighted by atomic mass is 32.2. The molecule has 0 heterocycles. The van der Waals surface area contributed by atoms with Gasteiger partial charge in [-0.25, -0.2) is 8.42 Å². The van der Waals surface area contributed by atoms with Gasteiger partial charge in [0.2, 0.25) is 15.9 Å². The van der Waals surface area contributed by atoms with Crippen LogP contribution in [-0.4, -0.2) is 47.8 Å². The molecular weight excluding hydrogens is 314 g/mol. The van der Waals surface area contributed by atoms with E-state index in [4.69, 9.17) is 0 Å². The van der Waals surface area contributed by atoms with Crippen molar-refractivity contribution in [3.8, 4) is 0 Å². The van der Waals surface area contributed by atoms with E-state index in [0.29, 0.717) is 18.2 Å². The minimum atomic E-state index is -3.44. The van der Waals surface area contributed by atoms with Crippen molar-refractivity contribution in [2.45, 2.75) is 20.3 Å². The highest BCUT2D eigenvalue weighted by molar-refractivity contribution is 7.92. The summed E-state index contributed by atoms with van der Waals surface area (Å²) in [5, 5.41) is 2.80. The molecule has 0 bridgehead atoms. The quantitative estimate of drug-likeness (QED) is 0.781.